The van der Waals surface area contributed by atoms with Gasteiger partial charge in [0, 0.05) is 0 Å². The number of fused-ring (bicyclic) bond motifs is 9. The Morgan fingerprint density at radius 3 is 1.52 bits per heavy atom. The third-order valence-corrected chi connectivity index (χ3v) is 4.94. The third kappa shape index (κ3) is 1.66. The van der Waals surface area contributed by atoms with Gasteiger partial charge < -0.3 is 0 Å². The minimum Gasteiger partial charge on any atom is -0.294 e. The van der Waals surface area contributed by atoms with E-state index in [0.717, 1.165) is 45.1 Å². The molecule has 4 heteroatoms. The molecular weight excluding hydrogens is 308 g/mol. The first kappa shape index (κ1) is 13.0. The van der Waals surface area contributed by atoms with Crippen molar-refractivity contribution < 1.29 is 0 Å². The summed E-state index contributed by atoms with van der Waals surface area (Å²) in [4.78, 5) is 9.78. The van der Waals surface area contributed by atoms with Crippen LogP contribution in [0.5, 0.6) is 0 Å². The van der Waals surface area contributed by atoms with E-state index >= 15 is 0 Å². The van der Waals surface area contributed by atoms with Crippen LogP contribution < -0.4 is 0 Å². The first-order chi connectivity index (χ1) is 12.4. The fraction of sp³-hybridized carbons (Fsp3) is 0.0476. The molecule has 0 radical (unpaired) electrons. The number of para-hydroxylation sites is 6. The second kappa shape index (κ2) is 4.57. The monoisotopic (exact) mass is 322 g/mol. The molecule has 5 aromatic rings. The molecule has 3 heterocycles. The summed E-state index contributed by atoms with van der Waals surface area (Å²) < 4.78 is 4.54. The Hall–Kier alpha value is -3.40. The Kier molecular flexibility index (Phi) is 2.37. The van der Waals surface area contributed by atoms with E-state index in [4.69, 9.17) is 9.97 Å². The van der Waals surface area contributed by atoms with Crippen molar-refractivity contribution in [1.82, 2.24) is 19.1 Å². The van der Waals surface area contributed by atoms with Crippen LogP contribution in [0.1, 0.15) is 11.6 Å². The molecule has 25 heavy (non-hydrogen) atoms. The summed E-state index contributed by atoms with van der Waals surface area (Å²) in [5.41, 5.74) is 6.62. The molecule has 4 nitrogen and oxygen atoms in total. The van der Waals surface area contributed by atoms with Crippen molar-refractivity contribution >= 4 is 22.1 Å². The van der Waals surface area contributed by atoms with Crippen LogP contribution in [-0.4, -0.2) is 19.1 Å². The average molecular weight is 322 g/mol. The molecule has 0 amide bonds. The molecule has 2 aromatic heterocycles. The highest BCUT2D eigenvalue weighted by molar-refractivity contribution is 5.83. The van der Waals surface area contributed by atoms with Gasteiger partial charge in [0.25, 0.3) is 0 Å². The number of hydrogen-bond acceptors (Lipinski definition) is 2. The highest BCUT2D eigenvalue weighted by Crippen LogP contribution is 2.33. The fourth-order valence-corrected chi connectivity index (χ4v) is 3.91. The van der Waals surface area contributed by atoms with Gasteiger partial charge in [-0.25, -0.2) is 9.97 Å². The molecule has 0 atom stereocenters. The molecule has 0 saturated heterocycles. The molecule has 0 N–H and O–H groups in total. The van der Waals surface area contributed by atoms with Crippen LogP contribution in [0.3, 0.4) is 0 Å². The summed E-state index contributed by atoms with van der Waals surface area (Å²) in [6, 6.07) is 25.1. The van der Waals surface area contributed by atoms with E-state index in [1.807, 2.05) is 12.1 Å². The minimum absolute atomic E-state index is 0.706. The van der Waals surface area contributed by atoms with Crippen molar-refractivity contribution in [3.8, 4) is 11.4 Å². The Bertz CT molecular complexity index is 1180. The van der Waals surface area contributed by atoms with Crippen LogP contribution in [0.4, 0.5) is 0 Å². The summed E-state index contributed by atoms with van der Waals surface area (Å²) in [6.07, 6.45) is 0.706. The lowest BCUT2D eigenvalue weighted by atomic mass is 10.2. The number of nitrogens with zero attached hydrogens (tertiary/aromatic N) is 4. The van der Waals surface area contributed by atoms with Gasteiger partial charge in [-0.1, -0.05) is 36.4 Å². The zero-order valence-electron chi connectivity index (χ0n) is 13.4. The summed E-state index contributed by atoms with van der Waals surface area (Å²) in [5.74, 6) is 2.06. The van der Waals surface area contributed by atoms with Gasteiger partial charge in [-0.15, -0.1) is 0 Å². The second-order valence-electron chi connectivity index (χ2n) is 6.37. The molecule has 1 aliphatic rings. The van der Waals surface area contributed by atoms with Crippen molar-refractivity contribution in [2.75, 3.05) is 0 Å². The summed E-state index contributed by atoms with van der Waals surface area (Å²) in [5, 5.41) is 0. The third-order valence-electron chi connectivity index (χ3n) is 4.94. The van der Waals surface area contributed by atoms with Gasteiger partial charge in [0.05, 0.1) is 39.9 Å². The van der Waals surface area contributed by atoms with Crippen molar-refractivity contribution in [3.63, 3.8) is 0 Å². The molecule has 0 spiro atoms. The van der Waals surface area contributed by atoms with Crippen LogP contribution in [-0.2, 0) is 6.42 Å². The molecule has 6 rings (SSSR count). The Labute approximate surface area is 144 Å². The molecule has 3 aromatic carbocycles. The maximum absolute atomic E-state index is 4.89. The predicted octanol–water partition coefficient (Wildman–Crippen LogP) is 4.27. The van der Waals surface area contributed by atoms with E-state index in [2.05, 4.69) is 69.8 Å². The van der Waals surface area contributed by atoms with Crippen molar-refractivity contribution in [2.24, 2.45) is 0 Å². The van der Waals surface area contributed by atoms with Crippen molar-refractivity contribution in [2.45, 2.75) is 6.42 Å². The van der Waals surface area contributed by atoms with Gasteiger partial charge in [0.1, 0.15) is 11.6 Å². The second-order valence-corrected chi connectivity index (χ2v) is 6.37. The number of imidazole rings is 2. The SMILES string of the molecule is c1ccc2c(c1)-n1c(nc3ccccc31)Cc1nc3ccccc3n1-2. The smallest absolute Gasteiger partial charge is 0.122 e. The lowest BCUT2D eigenvalue weighted by Gasteiger charge is -2.12. The van der Waals surface area contributed by atoms with Gasteiger partial charge in [-0.2, -0.15) is 0 Å². The van der Waals surface area contributed by atoms with Crippen LogP contribution in [0, 0.1) is 0 Å². The highest BCUT2D eigenvalue weighted by atomic mass is 15.2. The Balaban J connectivity index is 1.80. The largest absolute Gasteiger partial charge is 0.294 e. The van der Waals surface area contributed by atoms with E-state index in [1.54, 1.807) is 0 Å². The van der Waals surface area contributed by atoms with Crippen LogP contribution >= 0.6 is 0 Å². The molecule has 0 aliphatic carbocycles. The van der Waals surface area contributed by atoms with Crippen molar-refractivity contribution in [3.05, 3.63) is 84.4 Å². The van der Waals surface area contributed by atoms with Gasteiger partial charge >= 0.3 is 0 Å². The van der Waals surface area contributed by atoms with Crippen LogP contribution in [0.25, 0.3) is 33.4 Å². The molecule has 0 fully saturated rings. The Morgan fingerprint density at radius 2 is 1.00 bits per heavy atom. The van der Waals surface area contributed by atoms with Crippen LogP contribution in [0.15, 0.2) is 72.8 Å². The number of benzene rings is 3. The van der Waals surface area contributed by atoms with E-state index < -0.39 is 0 Å². The van der Waals surface area contributed by atoms with E-state index in [9.17, 15) is 0 Å². The minimum atomic E-state index is 0.706. The molecule has 1 aliphatic heterocycles. The normalized spacial score (nSPS) is 12.6. The van der Waals surface area contributed by atoms with E-state index in [-0.39, 0.29) is 0 Å². The maximum Gasteiger partial charge on any atom is 0.122 e. The first-order valence-electron chi connectivity index (χ1n) is 8.43. The number of rotatable bonds is 0. The topological polar surface area (TPSA) is 35.6 Å². The van der Waals surface area contributed by atoms with Gasteiger partial charge in [0.15, 0.2) is 0 Å². The lowest BCUT2D eigenvalue weighted by Crippen LogP contribution is -2.01. The summed E-state index contributed by atoms with van der Waals surface area (Å²) in [6.45, 7) is 0. The zero-order chi connectivity index (χ0) is 16.4. The molecule has 118 valence electrons. The molecule has 0 unspecified atom stereocenters. The Morgan fingerprint density at radius 1 is 0.560 bits per heavy atom. The van der Waals surface area contributed by atoms with Gasteiger partial charge in [0.2, 0.25) is 0 Å². The number of hydrogen-bond donors (Lipinski definition) is 0. The fourth-order valence-electron chi connectivity index (χ4n) is 3.91. The average Bonchev–Trinajstić information content (AvgIpc) is 3.16. The van der Waals surface area contributed by atoms with Gasteiger partial charge in [-0.05, 0) is 36.4 Å². The lowest BCUT2D eigenvalue weighted by molar-refractivity contribution is 0.894. The standard InChI is InChI=1S/C21H14N4/c1-3-9-16-14(7-1)22-20-13-21-23-15-8-2-4-10-17(15)25(21)19-12-6-5-11-18(19)24(16)20/h1-12H,13H2. The molecular formula is C21H14N4. The van der Waals surface area contributed by atoms with E-state index in [0.29, 0.717) is 6.42 Å². The van der Waals surface area contributed by atoms with Crippen LogP contribution in [0.2, 0.25) is 0 Å². The van der Waals surface area contributed by atoms with Gasteiger partial charge in [-0.3, -0.25) is 9.13 Å². The number of aromatic nitrogens is 4. The molecule has 0 bridgehead atoms. The predicted molar refractivity (Wildman–Crippen MR) is 98.5 cm³/mol. The zero-order valence-corrected chi connectivity index (χ0v) is 13.4. The quantitative estimate of drug-likeness (QED) is 0.419. The summed E-state index contributed by atoms with van der Waals surface area (Å²) in [7, 11) is 0. The first-order valence-corrected chi connectivity index (χ1v) is 8.43. The highest BCUT2D eigenvalue weighted by Gasteiger charge is 2.24. The summed E-state index contributed by atoms with van der Waals surface area (Å²) >= 11 is 0. The maximum atomic E-state index is 4.89. The van der Waals surface area contributed by atoms with Crippen molar-refractivity contribution in [1.29, 1.82) is 0 Å². The van der Waals surface area contributed by atoms with E-state index in [1.165, 1.54) is 0 Å². The molecule has 0 saturated carbocycles.